The minimum atomic E-state index is -3.42. The van der Waals surface area contributed by atoms with E-state index in [2.05, 4.69) is 45.4 Å². The van der Waals surface area contributed by atoms with Crippen molar-refractivity contribution in [2.45, 2.75) is 64.5 Å². The summed E-state index contributed by atoms with van der Waals surface area (Å²) in [6, 6.07) is 9.30. The molecular formula is C31H46N6O5S. The van der Waals surface area contributed by atoms with Crippen LogP contribution in [0.1, 0.15) is 51.5 Å². The second-order valence-electron chi connectivity index (χ2n) is 12.1. The number of benzene rings is 1. The molecule has 3 heterocycles. The van der Waals surface area contributed by atoms with Gasteiger partial charge in [0, 0.05) is 68.7 Å². The summed E-state index contributed by atoms with van der Waals surface area (Å²) in [5.41, 5.74) is 16.6. The van der Waals surface area contributed by atoms with Crippen LogP contribution in [0.5, 0.6) is 0 Å². The molecule has 3 unspecified atom stereocenters. The van der Waals surface area contributed by atoms with Gasteiger partial charge in [-0.05, 0) is 68.0 Å². The summed E-state index contributed by atoms with van der Waals surface area (Å²) in [6.45, 7) is 9.51. The molecule has 1 aliphatic rings. The zero-order valence-electron chi connectivity index (χ0n) is 26.1. The molecule has 1 saturated heterocycles. The average molecular weight is 615 g/mol. The number of sulfone groups is 1. The van der Waals surface area contributed by atoms with Crippen LogP contribution in [0.2, 0.25) is 0 Å². The van der Waals surface area contributed by atoms with Crippen LogP contribution < -0.4 is 21.5 Å². The minimum Gasteiger partial charge on any atom is -0.396 e. The van der Waals surface area contributed by atoms with Crippen LogP contribution in [0, 0.1) is 5.41 Å². The number of pyridine rings is 1. The molecule has 43 heavy (non-hydrogen) atoms. The number of rotatable bonds is 12. The molecule has 0 bridgehead atoms. The maximum Gasteiger partial charge on any atom is 0.251 e. The maximum absolute atomic E-state index is 13.0. The van der Waals surface area contributed by atoms with E-state index in [9.17, 15) is 18.3 Å². The highest BCUT2D eigenvalue weighted by Gasteiger charge is 2.36. The van der Waals surface area contributed by atoms with Crippen molar-refractivity contribution in [1.82, 2.24) is 20.4 Å². The number of nitrogens with two attached hydrogens (primary N) is 1. The molecule has 0 saturated carbocycles. The molecule has 1 aliphatic heterocycles. The largest absolute Gasteiger partial charge is 0.396 e. The highest BCUT2D eigenvalue weighted by molar-refractivity contribution is 7.92. The quantitative estimate of drug-likeness (QED) is 0.226. The van der Waals surface area contributed by atoms with Crippen LogP contribution in [-0.2, 0) is 32.3 Å². The van der Waals surface area contributed by atoms with Crippen molar-refractivity contribution in [2.75, 3.05) is 44.5 Å². The van der Waals surface area contributed by atoms with Gasteiger partial charge in [-0.2, -0.15) is 0 Å². The van der Waals surface area contributed by atoms with E-state index in [4.69, 9.17) is 15.5 Å². The Balaban J connectivity index is 1.84. The van der Waals surface area contributed by atoms with E-state index in [1.54, 1.807) is 20.4 Å². The number of methoxy groups -OCH3 is 1. The van der Waals surface area contributed by atoms with Crippen molar-refractivity contribution in [2.24, 2.45) is 11.1 Å². The SMILES string of the molecule is CCn1c(-c2cccnc2C(C)OC)c(CC(C)(C)CO)c2cc(N3CCS(=O)(=O)C(CC(N)C(=O)NNC)C3)ccc21. The summed E-state index contributed by atoms with van der Waals surface area (Å²) >= 11 is 0. The number of hydrazine groups is 1. The van der Waals surface area contributed by atoms with Gasteiger partial charge in [-0.15, -0.1) is 0 Å². The first-order chi connectivity index (χ1) is 20.4. The zero-order chi connectivity index (χ0) is 31.5. The molecule has 0 radical (unpaired) electrons. The summed E-state index contributed by atoms with van der Waals surface area (Å²) in [7, 11) is -0.188. The van der Waals surface area contributed by atoms with E-state index in [0.717, 1.165) is 45.6 Å². The van der Waals surface area contributed by atoms with E-state index >= 15 is 0 Å². The lowest BCUT2D eigenvalue weighted by atomic mass is 9.84. The number of anilines is 1. The second-order valence-corrected chi connectivity index (χ2v) is 14.5. The monoisotopic (exact) mass is 614 g/mol. The molecule has 0 spiro atoms. The molecule has 236 valence electrons. The molecule has 1 aromatic carbocycles. The van der Waals surface area contributed by atoms with Gasteiger partial charge in [-0.3, -0.25) is 15.2 Å². The first-order valence-corrected chi connectivity index (χ1v) is 16.5. The minimum absolute atomic E-state index is 0.0182. The fourth-order valence-corrected chi connectivity index (χ4v) is 7.64. The Morgan fingerprint density at radius 3 is 2.70 bits per heavy atom. The first kappa shape index (κ1) is 32.9. The Morgan fingerprint density at radius 1 is 1.30 bits per heavy atom. The number of fused-ring (bicyclic) bond motifs is 1. The van der Waals surface area contributed by atoms with E-state index in [1.807, 2.05) is 32.9 Å². The number of aryl methyl sites for hydroxylation is 1. The van der Waals surface area contributed by atoms with Gasteiger partial charge >= 0.3 is 0 Å². The van der Waals surface area contributed by atoms with E-state index in [-0.39, 0.29) is 36.8 Å². The molecule has 2 aromatic heterocycles. The lowest BCUT2D eigenvalue weighted by molar-refractivity contribution is -0.123. The van der Waals surface area contributed by atoms with Crippen molar-refractivity contribution in [3.8, 4) is 11.3 Å². The Bertz CT molecular complexity index is 1550. The summed E-state index contributed by atoms with van der Waals surface area (Å²) in [5.74, 6) is -0.464. The molecule has 5 N–H and O–H groups in total. The predicted octanol–water partition coefficient (Wildman–Crippen LogP) is 2.56. The molecule has 1 amide bonds. The third-order valence-corrected chi connectivity index (χ3v) is 10.5. The lowest BCUT2D eigenvalue weighted by Gasteiger charge is -2.35. The van der Waals surface area contributed by atoms with E-state index < -0.39 is 27.0 Å². The van der Waals surface area contributed by atoms with E-state index in [0.29, 0.717) is 13.0 Å². The fraction of sp³-hybridized carbons (Fsp3) is 0.548. The molecule has 11 nitrogen and oxygen atoms in total. The van der Waals surface area contributed by atoms with Gasteiger partial charge in [-0.1, -0.05) is 13.8 Å². The number of nitrogens with zero attached hydrogens (tertiary/aromatic N) is 3. The Morgan fingerprint density at radius 2 is 2.05 bits per heavy atom. The van der Waals surface area contributed by atoms with Crippen LogP contribution in [0.4, 0.5) is 5.69 Å². The Labute approximate surface area is 254 Å². The van der Waals surface area contributed by atoms with Gasteiger partial charge in [0.2, 0.25) is 0 Å². The number of hydrogen-bond donors (Lipinski definition) is 4. The lowest BCUT2D eigenvalue weighted by Crippen LogP contribution is -2.52. The van der Waals surface area contributed by atoms with Crippen molar-refractivity contribution >= 4 is 32.3 Å². The molecule has 3 aromatic rings. The van der Waals surface area contributed by atoms with Crippen molar-refractivity contribution < 1.29 is 23.1 Å². The number of aromatic nitrogens is 2. The van der Waals surface area contributed by atoms with Crippen molar-refractivity contribution in [1.29, 1.82) is 0 Å². The first-order valence-electron chi connectivity index (χ1n) is 14.8. The highest BCUT2D eigenvalue weighted by atomic mass is 32.2. The summed E-state index contributed by atoms with van der Waals surface area (Å²) in [6.07, 6.45) is 2.20. The van der Waals surface area contributed by atoms with Crippen molar-refractivity contribution in [3.63, 3.8) is 0 Å². The van der Waals surface area contributed by atoms with Gasteiger partial charge in [0.05, 0.1) is 34.5 Å². The normalized spacial score (nSPS) is 18.5. The van der Waals surface area contributed by atoms with Crippen molar-refractivity contribution in [3.05, 3.63) is 47.8 Å². The number of hydrogen-bond acceptors (Lipinski definition) is 9. The van der Waals surface area contributed by atoms with Gasteiger partial charge in [0.15, 0.2) is 9.84 Å². The van der Waals surface area contributed by atoms with Crippen LogP contribution in [-0.4, -0.2) is 79.9 Å². The predicted molar refractivity (Wildman–Crippen MR) is 170 cm³/mol. The number of nitrogens with one attached hydrogen (secondary N) is 2. The standard InChI is InChI=1S/C31H46N6O5S/c1-7-37-27-11-10-21(36-13-14-43(40,41)22(18-36)16-26(32)30(39)35-33-5)15-24(27)25(17-31(3,4)19-38)29(37)23-9-8-12-34-28(23)20(2)42-6/h8-12,15,20,22,26,33,38H,7,13-14,16-19,32H2,1-6H3,(H,35,39). The number of carbonyl (C=O) groups is 1. The maximum atomic E-state index is 13.0. The molecule has 0 aliphatic carbocycles. The molecule has 12 heteroatoms. The fourth-order valence-electron chi connectivity index (χ4n) is 5.93. The van der Waals surface area contributed by atoms with Crippen LogP contribution in [0.3, 0.4) is 0 Å². The average Bonchev–Trinajstić information content (AvgIpc) is 3.29. The smallest absolute Gasteiger partial charge is 0.251 e. The molecule has 4 rings (SSSR count). The Hall–Kier alpha value is -3.03. The topological polar surface area (TPSA) is 152 Å². The molecule has 1 fully saturated rings. The zero-order valence-corrected chi connectivity index (χ0v) is 26.9. The summed E-state index contributed by atoms with van der Waals surface area (Å²) in [5, 5.41) is 10.5. The third kappa shape index (κ3) is 6.88. The van der Waals surface area contributed by atoms with Gasteiger partial charge in [-0.25, -0.2) is 13.8 Å². The van der Waals surface area contributed by atoms with Gasteiger partial charge < -0.3 is 25.0 Å². The summed E-state index contributed by atoms with van der Waals surface area (Å²) < 4.78 is 34.0. The third-order valence-electron chi connectivity index (χ3n) is 8.43. The molecular weight excluding hydrogens is 568 g/mol. The number of aliphatic hydroxyl groups excluding tert-OH is 1. The number of carbonyl (C=O) groups excluding carboxylic acids is 1. The summed E-state index contributed by atoms with van der Waals surface area (Å²) in [4.78, 5) is 19.0. The van der Waals surface area contributed by atoms with E-state index in [1.165, 1.54) is 0 Å². The number of aliphatic hydroxyl groups is 1. The van der Waals surface area contributed by atoms with Crippen LogP contribution >= 0.6 is 0 Å². The highest BCUT2D eigenvalue weighted by Crippen LogP contribution is 2.41. The van der Waals surface area contributed by atoms with Crippen LogP contribution in [0.25, 0.3) is 22.2 Å². The van der Waals surface area contributed by atoms with Gasteiger partial charge in [0.1, 0.15) is 0 Å². The Kier molecular flexibility index (Phi) is 10.2. The van der Waals surface area contributed by atoms with Gasteiger partial charge in [0.25, 0.3) is 5.91 Å². The molecule has 3 atom stereocenters. The second kappa shape index (κ2) is 13.3. The number of ether oxygens (including phenoxy) is 1. The number of amides is 1. The van der Waals surface area contributed by atoms with Crippen LogP contribution in [0.15, 0.2) is 36.5 Å².